The zero-order valence-corrected chi connectivity index (χ0v) is 9.22. The van der Waals surface area contributed by atoms with Gasteiger partial charge in [-0.25, -0.2) is 0 Å². The van der Waals surface area contributed by atoms with Crippen LogP contribution in [0.15, 0.2) is 12.4 Å². The summed E-state index contributed by atoms with van der Waals surface area (Å²) >= 11 is 0. The number of aromatic nitrogens is 2. The largest absolute Gasteiger partial charge is 0.493 e. The van der Waals surface area contributed by atoms with E-state index >= 15 is 0 Å². The third kappa shape index (κ3) is 2.72. The molecule has 1 heterocycles. The second-order valence-electron chi connectivity index (χ2n) is 4.38. The van der Waals surface area contributed by atoms with Gasteiger partial charge < -0.3 is 10.5 Å². The van der Waals surface area contributed by atoms with E-state index in [1.165, 1.54) is 12.8 Å². The number of nitrogens with two attached hydrogens (primary N) is 1. The lowest BCUT2D eigenvalue weighted by Crippen LogP contribution is -2.28. The van der Waals surface area contributed by atoms with Gasteiger partial charge in [-0.3, -0.25) is 4.68 Å². The predicted molar refractivity (Wildman–Crippen MR) is 58.7 cm³/mol. The maximum atomic E-state index is 5.87. The molecule has 0 bridgehead atoms. The number of ether oxygens (including phenoxy) is 1. The van der Waals surface area contributed by atoms with Crippen molar-refractivity contribution in [1.82, 2.24) is 9.78 Å². The summed E-state index contributed by atoms with van der Waals surface area (Å²) in [6.45, 7) is 0.996. The van der Waals surface area contributed by atoms with Crippen molar-refractivity contribution >= 4 is 0 Å². The second kappa shape index (κ2) is 4.66. The Morgan fingerprint density at radius 1 is 1.47 bits per heavy atom. The van der Waals surface area contributed by atoms with E-state index in [2.05, 4.69) is 5.10 Å². The Labute approximate surface area is 90.4 Å². The maximum Gasteiger partial charge on any atom is 0.156 e. The fourth-order valence-corrected chi connectivity index (χ4v) is 2.19. The minimum absolute atomic E-state index is 0.424. The Kier molecular flexibility index (Phi) is 3.26. The molecule has 4 nitrogen and oxygen atoms in total. The van der Waals surface area contributed by atoms with Crippen LogP contribution in [-0.2, 0) is 6.54 Å². The van der Waals surface area contributed by atoms with Crippen LogP contribution in [0.2, 0.25) is 0 Å². The molecule has 0 aromatic carbocycles. The number of nitrogens with zero attached hydrogens (tertiary/aromatic N) is 2. The first-order valence-corrected chi connectivity index (χ1v) is 5.60. The van der Waals surface area contributed by atoms with Gasteiger partial charge in [0, 0.05) is 12.6 Å². The Morgan fingerprint density at radius 2 is 2.20 bits per heavy atom. The first kappa shape index (κ1) is 10.5. The smallest absolute Gasteiger partial charge is 0.156 e. The third-order valence-corrected chi connectivity index (χ3v) is 3.18. The van der Waals surface area contributed by atoms with Crippen molar-refractivity contribution in [2.75, 3.05) is 7.11 Å². The molecule has 2 rings (SSSR count). The highest BCUT2D eigenvalue weighted by Gasteiger charge is 2.18. The highest BCUT2D eigenvalue weighted by atomic mass is 16.5. The quantitative estimate of drug-likeness (QED) is 0.819. The normalized spacial score (nSPS) is 26.5. The maximum absolute atomic E-state index is 5.87. The Balaban J connectivity index is 1.86. The van der Waals surface area contributed by atoms with Gasteiger partial charge in [0.25, 0.3) is 0 Å². The van der Waals surface area contributed by atoms with E-state index in [1.54, 1.807) is 13.3 Å². The topological polar surface area (TPSA) is 53.1 Å². The van der Waals surface area contributed by atoms with E-state index < -0.39 is 0 Å². The molecule has 1 aromatic rings. The van der Waals surface area contributed by atoms with Gasteiger partial charge in [-0.1, -0.05) is 0 Å². The van der Waals surface area contributed by atoms with Gasteiger partial charge in [0.2, 0.25) is 0 Å². The summed E-state index contributed by atoms with van der Waals surface area (Å²) in [4.78, 5) is 0. The van der Waals surface area contributed by atoms with Crippen molar-refractivity contribution in [1.29, 1.82) is 0 Å². The zero-order valence-electron chi connectivity index (χ0n) is 9.22. The molecule has 1 aliphatic rings. The summed E-state index contributed by atoms with van der Waals surface area (Å²) in [6.07, 6.45) is 8.47. The predicted octanol–water partition coefficient (Wildman–Crippen LogP) is 1.41. The van der Waals surface area contributed by atoms with E-state index in [0.29, 0.717) is 6.04 Å². The molecule has 0 atom stereocenters. The van der Waals surface area contributed by atoms with Gasteiger partial charge in [0.05, 0.1) is 19.5 Å². The molecule has 2 N–H and O–H groups in total. The number of rotatable bonds is 3. The molecular formula is C11H19N3O. The molecule has 0 radical (unpaired) electrons. The van der Waals surface area contributed by atoms with Gasteiger partial charge in [-0.15, -0.1) is 0 Å². The van der Waals surface area contributed by atoms with Crippen molar-refractivity contribution in [2.45, 2.75) is 38.3 Å². The van der Waals surface area contributed by atoms with E-state index in [1.807, 2.05) is 10.9 Å². The summed E-state index contributed by atoms with van der Waals surface area (Å²) in [6, 6.07) is 0.424. The van der Waals surface area contributed by atoms with E-state index in [9.17, 15) is 0 Å². The van der Waals surface area contributed by atoms with Gasteiger partial charge in [-0.2, -0.15) is 5.10 Å². The molecule has 84 valence electrons. The van der Waals surface area contributed by atoms with Gasteiger partial charge in [0.1, 0.15) is 0 Å². The minimum atomic E-state index is 0.424. The zero-order chi connectivity index (χ0) is 10.7. The molecule has 1 aliphatic carbocycles. The summed E-state index contributed by atoms with van der Waals surface area (Å²) in [5.74, 6) is 1.57. The lowest BCUT2D eigenvalue weighted by Gasteiger charge is -2.25. The molecule has 0 amide bonds. The number of methoxy groups -OCH3 is 1. The molecule has 1 fully saturated rings. The van der Waals surface area contributed by atoms with Crippen molar-refractivity contribution in [3.05, 3.63) is 12.4 Å². The third-order valence-electron chi connectivity index (χ3n) is 3.18. The molecular weight excluding hydrogens is 190 g/mol. The van der Waals surface area contributed by atoms with Crippen LogP contribution >= 0.6 is 0 Å². The summed E-state index contributed by atoms with van der Waals surface area (Å²) in [5.41, 5.74) is 5.87. The fraction of sp³-hybridized carbons (Fsp3) is 0.727. The standard InChI is InChI=1S/C11H19N3O/c1-15-11-6-13-14(8-11)7-9-2-4-10(12)5-3-9/h6,8-10H,2-5,7,12H2,1H3. The average molecular weight is 209 g/mol. The monoisotopic (exact) mass is 209 g/mol. The van der Waals surface area contributed by atoms with Crippen molar-refractivity contribution in [2.24, 2.45) is 11.7 Å². The van der Waals surface area contributed by atoms with Crippen LogP contribution in [0.1, 0.15) is 25.7 Å². The molecule has 15 heavy (non-hydrogen) atoms. The molecule has 0 aliphatic heterocycles. The molecule has 1 saturated carbocycles. The molecule has 0 saturated heterocycles. The van der Waals surface area contributed by atoms with Crippen LogP contribution in [-0.4, -0.2) is 22.9 Å². The second-order valence-corrected chi connectivity index (χ2v) is 4.38. The SMILES string of the molecule is COc1cnn(CC2CCC(N)CC2)c1. The van der Waals surface area contributed by atoms with E-state index in [-0.39, 0.29) is 0 Å². The van der Waals surface area contributed by atoms with Gasteiger partial charge in [-0.05, 0) is 31.6 Å². The minimum Gasteiger partial charge on any atom is -0.493 e. The van der Waals surface area contributed by atoms with Crippen molar-refractivity contribution in [3.63, 3.8) is 0 Å². The highest BCUT2D eigenvalue weighted by molar-refractivity contribution is 5.11. The summed E-state index contributed by atoms with van der Waals surface area (Å²) in [7, 11) is 1.67. The van der Waals surface area contributed by atoms with Crippen LogP contribution in [0.5, 0.6) is 5.75 Å². The number of hydrogen-bond acceptors (Lipinski definition) is 3. The van der Waals surface area contributed by atoms with Gasteiger partial charge in [0.15, 0.2) is 5.75 Å². The van der Waals surface area contributed by atoms with Crippen LogP contribution in [0.4, 0.5) is 0 Å². The average Bonchev–Trinajstić information content (AvgIpc) is 2.69. The molecule has 0 unspecified atom stereocenters. The Morgan fingerprint density at radius 3 is 2.80 bits per heavy atom. The van der Waals surface area contributed by atoms with Crippen LogP contribution in [0.25, 0.3) is 0 Å². The summed E-state index contributed by atoms with van der Waals surface area (Å²) in [5, 5.41) is 4.26. The van der Waals surface area contributed by atoms with Crippen LogP contribution in [0, 0.1) is 5.92 Å². The molecule has 1 aromatic heterocycles. The van der Waals surface area contributed by atoms with Gasteiger partial charge >= 0.3 is 0 Å². The van der Waals surface area contributed by atoms with E-state index in [0.717, 1.165) is 31.1 Å². The van der Waals surface area contributed by atoms with E-state index in [4.69, 9.17) is 10.5 Å². The Hall–Kier alpha value is -1.03. The molecule has 4 heteroatoms. The fourth-order valence-electron chi connectivity index (χ4n) is 2.19. The molecule has 0 spiro atoms. The lowest BCUT2D eigenvalue weighted by atomic mass is 9.86. The number of hydrogen-bond donors (Lipinski definition) is 1. The van der Waals surface area contributed by atoms with Crippen molar-refractivity contribution in [3.8, 4) is 5.75 Å². The Bertz CT molecular complexity index is 303. The van der Waals surface area contributed by atoms with Crippen LogP contribution in [0.3, 0.4) is 0 Å². The summed E-state index contributed by atoms with van der Waals surface area (Å²) < 4.78 is 7.07. The first-order chi connectivity index (χ1) is 7.28. The lowest BCUT2D eigenvalue weighted by molar-refractivity contribution is 0.285. The highest BCUT2D eigenvalue weighted by Crippen LogP contribution is 2.24. The first-order valence-electron chi connectivity index (χ1n) is 5.60. The van der Waals surface area contributed by atoms with Crippen LogP contribution < -0.4 is 10.5 Å². The van der Waals surface area contributed by atoms with Crippen molar-refractivity contribution < 1.29 is 4.74 Å².